The molecule has 0 fully saturated rings. The van der Waals surface area contributed by atoms with Crippen LogP contribution in [0.3, 0.4) is 0 Å². The number of thiazole rings is 1. The van der Waals surface area contributed by atoms with E-state index in [2.05, 4.69) is 0 Å². The number of rotatable bonds is 6. The van der Waals surface area contributed by atoms with Gasteiger partial charge in [-0.15, -0.1) is 0 Å². The molecule has 0 unspecified atom stereocenters. The van der Waals surface area contributed by atoms with Crippen molar-refractivity contribution < 1.29 is 19.1 Å². The van der Waals surface area contributed by atoms with Crippen molar-refractivity contribution in [2.45, 2.75) is 26.4 Å². The minimum absolute atomic E-state index is 0.149. The molecule has 0 spiro atoms. The van der Waals surface area contributed by atoms with E-state index in [1.807, 2.05) is 78.9 Å². The van der Waals surface area contributed by atoms with Crippen molar-refractivity contribution in [3.8, 4) is 5.75 Å². The van der Waals surface area contributed by atoms with Gasteiger partial charge >= 0.3 is 5.97 Å². The van der Waals surface area contributed by atoms with E-state index in [-0.39, 0.29) is 34.7 Å². The van der Waals surface area contributed by atoms with Crippen LogP contribution in [0, 0.1) is 0 Å². The van der Waals surface area contributed by atoms with Gasteiger partial charge in [-0.3, -0.25) is 14.2 Å². The van der Waals surface area contributed by atoms with E-state index in [1.165, 1.54) is 4.57 Å². The summed E-state index contributed by atoms with van der Waals surface area (Å²) in [4.78, 5) is 49.3. The standard InChI is InChI=1S/C36H28ClN3O5S/c1-4-45-35(43)28-20(2)38-36-40(31(28)29-23-13-7-5-11-21(23)17-18-27(29)44-3)34(42)32(46-36)30-24-14-8-10-16-26(24)39(33(30)41)19-22-12-6-9-15-25(22)37/h5-18,31H,4,19H2,1-3H3/b32-30+/t31-/m1/s1. The molecule has 0 N–H and O–H groups in total. The number of hydrogen-bond acceptors (Lipinski definition) is 7. The Morgan fingerprint density at radius 3 is 2.50 bits per heavy atom. The number of halogens is 1. The Labute approximate surface area is 273 Å². The molecular formula is C36H28ClN3O5S. The fourth-order valence-electron chi connectivity index (χ4n) is 6.30. The van der Waals surface area contributed by atoms with Crippen LogP contribution < -0.4 is 24.5 Å². The number of amides is 1. The van der Waals surface area contributed by atoms with Gasteiger partial charge in [0.15, 0.2) is 4.80 Å². The number of para-hydroxylation sites is 1. The number of esters is 1. The van der Waals surface area contributed by atoms with Gasteiger partial charge in [0.25, 0.3) is 11.5 Å². The number of carbonyl (C=O) groups is 2. The summed E-state index contributed by atoms with van der Waals surface area (Å²) in [7, 11) is 1.56. The number of benzene rings is 4. The lowest BCUT2D eigenvalue weighted by Gasteiger charge is -2.27. The second kappa shape index (κ2) is 11.7. The van der Waals surface area contributed by atoms with Gasteiger partial charge in [-0.1, -0.05) is 89.7 Å². The van der Waals surface area contributed by atoms with Gasteiger partial charge in [-0.25, -0.2) is 9.79 Å². The summed E-state index contributed by atoms with van der Waals surface area (Å²) in [6.07, 6.45) is 0. The Morgan fingerprint density at radius 1 is 0.978 bits per heavy atom. The normalized spacial score (nSPS) is 16.7. The zero-order valence-corrected chi connectivity index (χ0v) is 26.8. The molecule has 5 aromatic rings. The Kier molecular flexibility index (Phi) is 7.58. The number of fused-ring (bicyclic) bond motifs is 3. The van der Waals surface area contributed by atoms with Crippen molar-refractivity contribution in [2.75, 3.05) is 18.6 Å². The zero-order valence-electron chi connectivity index (χ0n) is 25.2. The van der Waals surface area contributed by atoms with E-state index in [0.717, 1.165) is 27.7 Å². The quantitative estimate of drug-likeness (QED) is 0.226. The topological polar surface area (TPSA) is 90.2 Å². The second-order valence-corrected chi connectivity index (χ2v) is 12.3. The van der Waals surface area contributed by atoms with Crippen LogP contribution in [0.1, 0.15) is 36.6 Å². The smallest absolute Gasteiger partial charge is 0.338 e. The van der Waals surface area contributed by atoms with Gasteiger partial charge in [0, 0.05) is 16.1 Å². The molecule has 0 saturated heterocycles. The molecule has 1 aromatic heterocycles. The highest BCUT2D eigenvalue weighted by atomic mass is 35.5. The highest BCUT2D eigenvalue weighted by Crippen LogP contribution is 2.41. The van der Waals surface area contributed by atoms with Gasteiger partial charge in [-0.2, -0.15) is 0 Å². The summed E-state index contributed by atoms with van der Waals surface area (Å²) < 4.78 is 13.1. The average Bonchev–Trinajstić information content (AvgIpc) is 3.52. The van der Waals surface area contributed by atoms with E-state index < -0.39 is 17.6 Å². The predicted molar refractivity (Wildman–Crippen MR) is 179 cm³/mol. The molecule has 0 aliphatic carbocycles. The molecule has 10 heteroatoms. The monoisotopic (exact) mass is 649 g/mol. The molecule has 1 amide bonds. The predicted octanol–water partition coefficient (Wildman–Crippen LogP) is 5.53. The van der Waals surface area contributed by atoms with E-state index in [0.29, 0.717) is 38.1 Å². The van der Waals surface area contributed by atoms with Gasteiger partial charge < -0.3 is 14.4 Å². The second-order valence-electron chi connectivity index (χ2n) is 10.9. The Hall–Kier alpha value is -4.99. The average molecular weight is 650 g/mol. The molecule has 230 valence electrons. The SMILES string of the molecule is CCOC(=O)C1=C(C)N=c2s/c(=C3/C(=O)N(Cc4ccccc4Cl)c4ccccc43)c(=O)n2[C@H]1c1c(OC)ccc2ccccc12. The minimum atomic E-state index is -0.920. The maximum atomic E-state index is 14.7. The molecule has 0 radical (unpaired) electrons. The van der Waals surface area contributed by atoms with Crippen molar-refractivity contribution in [1.29, 1.82) is 0 Å². The van der Waals surface area contributed by atoms with Crippen molar-refractivity contribution in [3.05, 3.63) is 138 Å². The van der Waals surface area contributed by atoms with Crippen LogP contribution in [0.15, 0.2) is 106 Å². The molecule has 2 aliphatic heterocycles. The number of ether oxygens (including phenoxy) is 2. The summed E-state index contributed by atoms with van der Waals surface area (Å²) in [5.41, 5.74) is 3.26. The maximum absolute atomic E-state index is 14.7. The third-order valence-corrected chi connectivity index (χ3v) is 9.78. The zero-order chi connectivity index (χ0) is 32.1. The Morgan fingerprint density at radius 2 is 1.72 bits per heavy atom. The van der Waals surface area contributed by atoms with Crippen LogP contribution in [-0.4, -0.2) is 30.2 Å². The molecule has 2 aliphatic rings. The van der Waals surface area contributed by atoms with Gasteiger partial charge in [0.2, 0.25) is 0 Å². The highest BCUT2D eigenvalue weighted by Gasteiger charge is 2.39. The van der Waals surface area contributed by atoms with Gasteiger partial charge in [-0.05, 0) is 48.4 Å². The van der Waals surface area contributed by atoms with E-state index in [9.17, 15) is 14.4 Å². The first kappa shape index (κ1) is 29.7. The first-order chi connectivity index (χ1) is 22.3. The fraction of sp³-hybridized carbons (Fsp3) is 0.167. The molecule has 0 bridgehead atoms. The molecule has 4 aromatic carbocycles. The van der Waals surface area contributed by atoms with Crippen LogP contribution >= 0.6 is 22.9 Å². The van der Waals surface area contributed by atoms with Crippen LogP contribution in [0.2, 0.25) is 5.02 Å². The molecular weight excluding hydrogens is 622 g/mol. The molecule has 0 saturated carbocycles. The van der Waals surface area contributed by atoms with Crippen molar-refractivity contribution in [1.82, 2.24) is 4.57 Å². The van der Waals surface area contributed by atoms with Crippen molar-refractivity contribution in [2.24, 2.45) is 4.99 Å². The Balaban J connectivity index is 1.51. The lowest BCUT2D eigenvalue weighted by molar-refractivity contribution is -0.139. The largest absolute Gasteiger partial charge is 0.496 e. The van der Waals surface area contributed by atoms with Crippen LogP contribution in [0.25, 0.3) is 16.3 Å². The number of allylic oxidation sites excluding steroid dienone is 1. The number of nitrogens with zero attached hydrogens (tertiary/aromatic N) is 3. The number of carbonyl (C=O) groups excluding carboxylic acids is 2. The lowest BCUT2D eigenvalue weighted by Crippen LogP contribution is -2.41. The number of aromatic nitrogens is 1. The molecule has 8 nitrogen and oxygen atoms in total. The number of anilines is 1. The van der Waals surface area contributed by atoms with Crippen molar-refractivity contribution in [3.63, 3.8) is 0 Å². The Bertz CT molecular complexity index is 2300. The van der Waals surface area contributed by atoms with Crippen LogP contribution in [0.5, 0.6) is 5.75 Å². The summed E-state index contributed by atoms with van der Waals surface area (Å²) in [6, 6.07) is 25.4. The summed E-state index contributed by atoms with van der Waals surface area (Å²) in [5.74, 6) is -0.381. The third-order valence-electron chi connectivity index (χ3n) is 8.35. The van der Waals surface area contributed by atoms with Crippen LogP contribution in [-0.2, 0) is 20.9 Å². The molecule has 46 heavy (non-hydrogen) atoms. The fourth-order valence-corrected chi connectivity index (χ4v) is 7.64. The first-order valence-electron chi connectivity index (χ1n) is 14.8. The maximum Gasteiger partial charge on any atom is 0.338 e. The van der Waals surface area contributed by atoms with E-state index in [1.54, 1.807) is 31.9 Å². The third kappa shape index (κ3) is 4.66. The molecule has 1 atom stereocenters. The molecule has 3 heterocycles. The van der Waals surface area contributed by atoms with Crippen molar-refractivity contribution >= 4 is 56.8 Å². The van der Waals surface area contributed by atoms with Gasteiger partial charge in [0.05, 0.1) is 42.8 Å². The molecule has 7 rings (SSSR count). The number of hydrogen-bond donors (Lipinski definition) is 0. The van der Waals surface area contributed by atoms with E-state index >= 15 is 0 Å². The van der Waals surface area contributed by atoms with Gasteiger partial charge in [0.1, 0.15) is 16.3 Å². The lowest BCUT2D eigenvalue weighted by atomic mass is 9.90. The summed E-state index contributed by atoms with van der Waals surface area (Å²) in [6.45, 7) is 3.85. The first-order valence-corrected chi connectivity index (χ1v) is 16.0. The highest BCUT2D eigenvalue weighted by molar-refractivity contribution is 7.07. The minimum Gasteiger partial charge on any atom is -0.496 e. The summed E-state index contributed by atoms with van der Waals surface area (Å²) in [5, 5.41) is 2.28. The summed E-state index contributed by atoms with van der Waals surface area (Å²) >= 11 is 7.61. The van der Waals surface area contributed by atoms with Crippen LogP contribution in [0.4, 0.5) is 5.69 Å². The number of methoxy groups -OCH3 is 1. The van der Waals surface area contributed by atoms with E-state index in [4.69, 9.17) is 26.1 Å².